The Kier molecular flexibility index (Phi) is 2.22. The number of hydrogen-bond acceptors (Lipinski definition) is 1. The molecule has 1 atom stereocenters. The number of nitrogens with one attached hydrogen (secondary N) is 1. The maximum Gasteiger partial charge on any atom is 0.231 e. The highest BCUT2D eigenvalue weighted by atomic mass is 16.1. The summed E-state index contributed by atoms with van der Waals surface area (Å²) in [5, 5.41) is 2.98. The van der Waals surface area contributed by atoms with E-state index in [1.165, 1.54) is 0 Å². The minimum Gasteiger partial charge on any atom is -0.325 e. The monoisotopic (exact) mass is 223 g/mol. The first-order chi connectivity index (χ1) is 8.27. The van der Waals surface area contributed by atoms with Crippen molar-refractivity contribution in [1.82, 2.24) is 0 Å². The minimum atomic E-state index is -0.112. The van der Waals surface area contributed by atoms with Gasteiger partial charge >= 0.3 is 0 Å². The molecule has 1 aliphatic heterocycles. The fourth-order valence-corrected chi connectivity index (χ4v) is 2.33. The second-order valence-corrected chi connectivity index (χ2v) is 4.34. The van der Waals surface area contributed by atoms with Crippen molar-refractivity contribution in [3.8, 4) is 11.1 Å². The van der Waals surface area contributed by atoms with Crippen LogP contribution in [0.5, 0.6) is 0 Å². The third-order valence-electron chi connectivity index (χ3n) is 3.30. The molecule has 0 unspecified atom stereocenters. The fourth-order valence-electron chi connectivity index (χ4n) is 2.33. The van der Waals surface area contributed by atoms with Gasteiger partial charge in [0.2, 0.25) is 5.91 Å². The minimum absolute atomic E-state index is 0.0578. The zero-order chi connectivity index (χ0) is 11.8. The van der Waals surface area contributed by atoms with Gasteiger partial charge in [0.05, 0.1) is 5.92 Å². The van der Waals surface area contributed by atoms with Gasteiger partial charge in [0.1, 0.15) is 0 Å². The lowest BCUT2D eigenvalue weighted by Crippen LogP contribution is -2.17. The number of amides is 1. The van der Waals surface area contributed by atoms with E-state index >= 15 is 0 Å². The van der Waals surface area contributed by atoms with Gasteiger partial charge < -0.3 is 5.32 Å². The van der Waals surface area contributed by atoms with Crippen LogP contribution < -0.4 is 5.32 Å². The third kappa shape index (κ3) is 1.53. The van der Waals surface area contributed by atoms with Gasteiger partial charge in [0.25, 0.3) is 0 Å². The van der Waals surface area contributed by atoms with Crippen LogP contribution in [0, 0.1) is 0 Å². The van der Waals surface area contributed by atoms with Gasteiger partial charge in [0, 0.05) is 11.3 Å². The lowest BCUT2D eigenvalue weighted by atomic mass is 9.92. The average molecular weight is 223 g/mol. The highest BCUT2D eigenvalue weighted by Gasteiger charge is 2.24. The molecule has 1 heterocycles. The number of anilines is 1. The van der Waals surface area contributed by atoms with Crippen LogP contribution in [0.25, 0.3) is 11.1 Å². The van der Waals surface area contributed by atoms with Gasteiger partial charge in [-0.15, -0.1) is 0 Å². The first kappa shape index (κ1) is 10.1. The van der Waals surface area contributed by atoms with Crippen LogP contribution in [0.15, 0.2) is 48.5 Å². The van der Waals surface area contributed by atoms with Crippen molar-refractivity contribution in [3.05, 3.63) is 54.1 Å². The molecule has 0 aromatic heterocycles. The number of benzene rings is 2. The number of para-hydroxylation sites is 1. The molecule has 2 aromatic rings. The second kappa shape index (κ2) is 3.74. The molecular weight excluding hydrogens is 210 g/mol. The standard InChI is InChI=1S/C15H13NO/c1-10-11-6-2-3-7-12(11)13-8-4-5-9-14(13)16-15(10)17/h2-10H,1H3,(H,16,17)/t10-/m0/s1. The Bertz CT molecular complexity index is 589. The zero-order valence-electron chi connectivity index (χ0n) is 9.60. The molecule has 1 amide bonds. The molecule has 0 saturated heterocycles. The molecule has 2 aromatic carbocycles. The highest BCUT2D eigenvalue weighted by Crippen LogP contribution is 2.37. The van der Waals surface area contributed by atoms with E-state index in [4.69, 9.17) is 0 Å². The van der Waals surface area contributed by atoms with Crippen LogP contribution in [0.1, 0.15) is 18.4 Å². The second-order valence-electron chi connectivity index (χ2n) is 4.34. The maximum absolute atomic E-state index is 12.0. The van der Waals surface area contributed by atoms with Crippen molar-refractivity contribution in [2.45, 2.75) is 12.8 Å². The van der Waals surface area contributed by atoms with E-state index in [9.17, 15) is 4.79 Å². The number of hydrogen-bond donors (Lipinski definition) is 1. The largest absolute Gasteiger partial charge is 0.325 e. The summed E-state index contributed by atoms with van der Waals surface area (Å²) < 4.78 is 0. The van der Waals surface area contributed by atoms with E-state index in [-0.39, 0.29) is 11.8 Å². The van der Waals surface area contributed by atoms with E-state index in [1.807, 2.05) is 49.4 Å². The summed E-state index contributed by atoms with van der Waals surface area (Å²) >= 11 is 0. The van der Waals surface area contributed by atoms with E-state index in [0.29, 0.717) is 0 Å². The molecule has 1 N–H and O–H groups in total. The van der Waals surface area contributed by atoms with Crippen LogP contribution in [0.4, 0.5) is 5.69 Å². The van der Waals surface area contributed by atoms with Gasteiger partial charge in [0.15, 0.2) is 0 Å². The van der Waals surface area contributed by atoms with Gasteiger partial charge in [-0.3, -0.25) is 4.79 Å². The van der Waals surface area contributed by atoms with Crippen LogP contribution in [0.2, 0.25) is 0 Å². The molecule has 0 spiro atoms. The van der Waals surface area contributed by atoms with E-state index < -0.39 is 0 Å². The Hall–Kier alpha value is -2.09. The van der Waals surface area contributed by atoms with Crippen molar-refractivity contribution in [1.29, 1.82) is 0 Å². The summed E-state index contributed by atoms with van der Waals surface area (Å²) in [7, 11) is 0. The van der Waals surface area contributed by atoms with Crippen molar-refractivity contribution in [2.24, 2.45) is 0 Å². The van der Waals surface area contributed by atoms with Crippen molar-refractivity contribution in [2.75, 3.05) is 5.32 Å². The molecule has 84 valence electrons. The highest BCUT2D eigenvalue weighted by molar-refractivity contribution is 6.03. The topological polar surface area (TPSA) is 29.1 Å². The number of carbonyl (C=O) groups is 1. The van der Waals surface area contributed by atoms with Crippen LogP contribution in [0.3, 0.4) is 0 Å². The summed E-state index contributed by atoms with van der Waals surface area (Å²) in [6.45, 7) is 1.94. The van der Waals surface area contributed by atoms with Crippen molar-refractivity contribution < 1.29 is 4.79 Å². The lowest BCUT2D eigenvalue weighted by Gasteiger charge is -2.10. The van der Waals surface area contributed by atoms with E-state index in [1.54, 1.807) is 0 Å². The van der Waals surface area contributed by atoms with Crippen LogP contribution in [-0.4, -0.2) is 5.91 Å². The van der Waals surface area contributed by atoms with E-state index in [2.05, 4.69) is 11.4 Å². The predicted octanol–water partition coefficient (Wildman–Crippen LogP) is 3.41. The quantitative estimate of drug-likeness (QED) is 0.728. The van der Waals surface area contributed by atoms with E-state index in [0.717, 1.165) is 22.4 Å². The Labute approximate surface area is 100 Å². The van der Waals surface area contributed by atoms with Crippen LogP contribution in [-0.2, 0) is 4.79 Å². The molecule has 17 heavy (non-hydrogen) atoms. The number of rotatable bonds is 0. The molecule has 0 aliphatic carbocycles. The maximum atomic E-state index is 12.0. The first-order valence-corrected chi connectivity index (χ1v) is 5.76. The van der Waals surface area contributed by atoms with Crippen molar-refractivity contribution >= 4 is 11.6 Å². The van der Waals surface area contributed by atoms with Gasteiger partial charge in [-0.2, -0.15) is 0 Å². The normalized spacial score (nSPS) is 17.7. The predicted molar refractivity (Wildman–Crippen MR) is 68.9 cm³/mol. The Morgan fingerprint density at radius 1 is 0.941 bits per heavy atom. The summed E-state index contributed by atoms with van der Waals surface area (Å²) in [5.74, 6) is -0.0546. The van der Waals surface area contributed by atoms with Crippen LogP contribution >= 0.6 is 0 Å². The first-order valence-electron chi connectivity index (χ1n) is 5.76. The number of carbonyl (C=O) groups excluding carboxylic acids is 1. The molecule has 3 rings (SSSR count). The third-order valence-corrected chi connectivity index (χ3v) is 3.30. The summed E-state index contributed by atoms with van der Waals surface area (Å²) in [4.78, 5) is 12.0. The Balaban J connectivity index is 2.33. The molecular formula is C15H13NO. The molecule has 0 saturated carbocycles. The Morgan fingerprint density at radius 2 is 1.59 bits per heavy atom. The summed E-state index contributed by atoms with van der Waals surface area (Å²) in [6.07, 6.45) is 0. The fraction of sp³-hybridized carbons (Fsp3) is 0.133. The lowest BCUT2D eigenvalue weighted by molar-refractivity contribution is -0.117. The van der Waals surface area contributed by atoms with Crippen molar-refractivity contribution in [3.63, 3.8) is 0 Å². The summed E-state index contributed by atoms with van der Waals surface area (Å²) in [6, 6.07) is 16.0. The molecule has 0 fully saturated rings. The molecule has 2 nitrogen and oxygen atoms in total. The molecule has 0 bridgehead atoms. The van der Waals surface area contributed by atoms with Gasteiger partial charge in [-0.25, -0.2) is 0 Å². The molecule has 1 aliphatic rings. The SMILES string of the molecule is C[C@@H]1C(=O)Nc2ccccc2-c2ccccc21. The van der Waals surface area contributed by atoms with Gasteiger partial charge in [-0.05, 0) is 24.1 Å². The molecule has 2 heteroatoms. The number of fused-ring (bicyclic) bond motifs is 3. The van der Waals surface area contributed by atoms with Gasteiger partial charge in [-0.1, -0.05) is 42.5 Å². The average Bonchev–Trinajstić information content (AvgIpc) is 2.48. The zero-order valence-corrected chi connectivity index (χ0v) is 9.60. The molecule has 0 radical (unpaired) electrons. The Morgan fingerprint density at radius 3 is 2.41 bits per heavy atom. The summed E-state index contributed by atoms with van der Waals surface area (Å²) in [5.41, 5.74) is 4.24. The smallest absolute Gasteiger partial charge is 0.231 e.